The lowest BCUT2D eigenvalue weighted by Gasteiger charge is -2.07. The third kappa shape index (κ3) is 3.15. The van der Waals surface area contributed by atoms with Gasteiger partial charge in [-0.25, -0.2) is 15.0 Å². The van der Waals surface area contributed by atoms with Gasteiger partial charge in [0.05, 0.1) is 11.6 Å². The lowest BCUT2D eigenvalue weighted by atomic mass is 10.3. The summed E-state index contributed by atoms with van der Waals surface area (Å²) in [5, 5.41) is 0.558. The summed E-state index contributed by atoms with van der Waals surface area (Å²) in [5.41, 5.74) is 5.50. The van der Waals surface area contributed by atoms with Gasteiger partial charge in [-0.1, -0.05) is 23.7 Å². The zero-order chi connectivity index (χ0) is 13.0. The van der Waals surface area contributed by atoms with Crippen LogP contribution in [-0.2, 0) is 13.2 Å². The fraction of sp³-hybridized carbons (Fsp3) is 0.250. The Morgan fingerprint density at radius 1 is 1.17 bits per heavy atom. The van der Waals surface area contributed by atoms with Crippen molar-refractivity contribution in [2.75, 3.05) is 0 Å². The molecule has 1 aromatic carbocycles. The van der Waals surface area contributed by atoms with E-state index in [0.29, 0.717) is 28.2 Å². The summed E-state index contributed by atoms with van der Waals surface area (Å²) < 4.78 is 5.55. The summed E-state index contributed by atoms with van der Waals surface area (Å²) in [7, 11) is 0. The molecule has 2 rings (SSSR count). The summed E-state index contributed by atoms with van der Waals surface area (Å²) in [6, 6.07) is 7.25. The maximum atomic E-state index is 5.98. The molecule has 5 nitrogen and oxygen atoms in total. The molecule has 0 saturated heterocycles. The van der Waals surface area contributed by atoms with E-state index in [1.54, 1.807) is 19.1 Å². The molecular weight excluding hydrogens is 252 g/mol. The first-order valence-corrected chi connectivity index (χ1v) is 5.84. The minimum absolute atomic E-state index is 0.236. The van der Waals surface area contributed by atoms with Gasteiger partial charge in [0.25, 0.3) is 0 Å². The predicted molar refractivity (Wildman–Crippen MR) is 68.2 cm³/mol. The van der Waals surface area contributed by atoms with E-state index < -0.39 is 0 Å². The highest BCUT2D eigenvalue weighted by atomic mass is 35.5. The van der Waals surface area contributed by atoms with E-state index in [2.05, 4.69) is 15.0 Å². The van der Waals surface area contributed by atoms with E-state index >= 15 is 0 Å². The second-order valence-electron chi connectivity index (χ2n) is 3.64. The molecule has 2 N–H and O–H groups in total. The van der Waals surface area contributed by atoms with Crippen molar-refractivity contribution in [3.05, 3.63) is 46.8 Å². The van der Waals surface area contributed by atoms with Crippen LogP contribution in [0.4, 0.5) is 0 Å². The first-order chi connectivity index (χ1) is 8.69. The van der Waals surface area contributed by atoms with Crippen LogP contribution in [0, 0.1) is 6.92 Å². The average Bonchev–Trinajstić information content (AvgIpc) is 2.37. The molecule has 6 heteroatoms. The summed E-state index contributed by atoms with van der Waals surface area (Å²) in [5.74, 6) is 2.33. The lowest BCUT2D eigenvalue weighted by molar-refractivity contribution is 0.294. The molecule has 0 fully saturated rings. The van der Waals surface area contributed by atoms with Crippen LogP contribution in [0.3, 0.4) is 0 Å². The van der Waals surface area contributed by atoms with E-state index in [1.165, 1.54) is 0 Å². The second kappa shape index (κ2) is 5.75. The number of hydrogen-bond donors (Lipinski definition) is 1. The first kappa shape index (κ1) is 12.7. The molecule has 94 valence electrons. The minimum Gasteiger partial charge on any atom is -0.484 e. The van der Waals surface area contributed by atoms with Gasteiger partial charge in [0, 0.05) is 0 Å². The van der Waals surface area contributed by atoms with Crippen LogP contribution in [0.2, 0.25) is 5.02 Å². The molecule has 18 heavy (non-hydrogen) atoms. The van der Waals surface area contributed by atoms with Gasteiger partial charge < -0.3 is 10.5 Å². The molecule has 0 aliphatic carbocycles. The number of nitrogens with two attached hydrogens (primary N) is 1. The molecule has 0 aliphatic heterocycles. The maximum absolute atomic E-state index is 5.98. The van der Waals surface area contributed by atoms with Gasteiger partial charge in [0.1, 0.15) is 24.0 Å². The molecule has 0 radical (unpaired) electrons. The van der Waals surface area contributed by atoms with Gasteiger partial charge in [0.2, 0.25) is 0 Å². The van der Waals surface area contributed by atoms with Gasteiger partial charge >= 0.3 is 0 Å². The monoisotopic (exact) mass is 264 g/mol. The molecule has 0 aliphatic rings. The highest BCUT2D eigenvalue weighted by Crippen LogP contribution is 2.23. The largest absolute Gasteiger partial charge is 0.484 e. The quantitative estimate of drug-likeness (QED) is 0.913. The molecule has 0 unspecified atom stereocenters. The third-order valence-corrected chi connectivity index (χ3v) is 2.53. The van der Waals surface area contributed by atoms with Gasteiger partial charge in [-0.2, -0.15) is 0 Å². The summed E-state index contributed by atoms with van der Waals surface area (Å²) in [6.07, 6.45) is 0. The molecule has 2 aromatic rings. The van der Waals surface area contributed by atoms with E-state index in [9.17, 15) is 0 Å². The summed E-state index contributed by atoms with van der Waals surface area (Å²) in [4.78, 5) is 12.5. The van der Waals surface area contributed by atoms with Gasteiger partial charge in [0.15, 0.2) is 5.82 Å². The molecule has 0 saturated carbocycles. The predicted octanol–water partition coefficient (Wildman–Crippen LogP) is 1.87. The fourth-order valence-corrected chi connectivity index (χ4v) is 1.65. The molecular formula is C12H13ClN4O. The Balaban J connectivity index is 2.11. The Kier molecular flexibility index (Phi) is 4.07. The first-order valence-electron chi connectivity index (χ1n) is 5.47. The van der Waals surface area contributed by atoms with Crippen molar-refractivity contribution in [1.82, 2.24) is 15.0 Å². The smallest absolute Gasteiger partial charge is 0.170 e. The maximum Gasteiger partial charge on any atom is 0.170 e. The van der Waals surface area contributed by atoms with Crippen LogP contribution in [0.25, 0.3) is 0 Å². The normalized spacial score (nSPS) is 10.4. The number of benzene rings is 1. The number of hydrogen-bond acceptors (Lipinski definition) is 5. The van der Waals surface area contributed by atoms with Crippen molar-refractivity contribution >= 4 is 11.6 Å². The van der Waals surface area contributed by atoms with Crippen LogP contribution in [0.1, 0.15) is 17.5 Å². The molecule has 0 atom stereocenters. The van der Waals surface area contributed by atoms with Crippen molar-refractivity contribution in [3.63, 3.8) is 0 Å². The molecule has 0 spiro atoms. The van der Waals surface area contributed by atoms with Crippen molar-refractivity contribution < 1.29 is 4.74 Å². The lowest BCUT2D eigenvalue weighted by Crippen LogP contribution is -2.11. The van der Waals surface area contributed by atoms with Crippen LogP contribution in [0.5, 0.6) is 5.75 Å². The van der Waals surface area contributed by atoms with Crippen LogP contribution in [0.15, 0.2) is 24.3 Å². The number of aromatic nitrogens is 3. The zero-order valence-corrected chi connectivity index (χ0v) is 10.7. The molecule has 1 heterocycles. The van der Waals surface area contributed by atoms with Crippen LogP contribution in [-0.4, -0.2) is 15.0 Å². The van der Waals surface area contributed by atoms with E-state index in [-0.39, 0.29) is 13.2 Å². The van der Waals surface area contributed by atoms with Crippen LogP contribution < -0.4 is 10.5 Å². The fourth-order valence-electron chi connectivity index (χ4n) is 1.46. The van der Waals surface area contributed by atoms with Crippen molar-refractivity contribution in [3.8, 4) is 5.75 Å². The third-order valence-electron chi connectivity index (χ3n) is 2.22. The molecule has 0 amide bonds. The standard InChI is InChI=1S/C12H13ClN4O/c1-8-15-11(6-14)17-12(16-8)7-18-10-5-3-2-4-9(10)13/h2-5H,6-7,14H2,1H3. The van der Waals surface area contributed by atoms with Crippen molar-refractivity contribution in [2.45, 2.75) is 20.1 Å². The number of rotatable bonds is 4. The van der Waals surface area contributed by atoms with Gasteiger partial charge in [-0.15, -0.1) is 0 Å². The molecule has 0 bridgehead atoms. The topological polar surface area (TPSA) is 73.9 Å². The SMILES string of the molecule is Cc1nc(CN)nc(COc2ccccc2Cl)n1. The number of ether oxygens (including phenoxy) is 1. The van der Waals surface area contributed by atoms with Crippen molar-refractivity contribution in [1.29, 1.82) is 0 Å². The highest BCUT2D eigenvalue weighted by Gasteiger charge is 2.05. The Morgan fingerprint density at radius 2 is 1.89 bits per heavy atom. The van der Waals surface area contributed by atoms with E-state index in [0.717, 1.165) is 0 Å². The van der Waals surface area contributed by atoms with Gasteiger partial charge in [-0.3, -0.25) is 0 Å². The Morgan fingerprint density at radius 3 is 2.61 bits per heavy atom. The van der Waals surface area contributed by atoms with E-state index in [4.69, 9.17) is 22.1 Å². The number of aryl methyl sites for hydroxylation is 1. The summed E-state index contributed by atoms with van der Waals surface area (Å²) >= 11 is 5.98. The number of nitrogens with zero attached hydrogens (tertiary/aromatic N) is 3. The number of halogens is 1. The van der Waals surface area contributed by atoms with Crippen LogP contribution >= 0.6 is 11.6 Å². The summed E-state index contributed by atoms with van der Waals surface area (Å²) in [6.45, 7) is 2.31. The zero-order valence-electron chi connectivity index (χ0n) is 9.93. The average molecular weight is 265 g/mol. The van der Waals surface area contributed by atoms with Gasteiger partial charge in [-0.05, 0) is 19.1 Å². The highest BCUT2D eigenvalue weighted by molar-refractivity contribution is 6.32. The molecule has 1 aromatic heterocycles. The Hall–Kier alpha value is -1.72. The minimum atomic E-state index is 0.236. The second-order valence-corrected chi connectivity index (χ2v) is 4.05. The van der Waals surface area contributed by atoms with E-state index in [1.807, 2.05) is 12.1 Å². The number of para-hydroxylation sites is 1. The Bertz CT molecular complexity index is 547. The Labute approximate surface area is 110 Å². The van der Waals surface area contributed by atoms with Crippen molar-refractivity contribution in [2.24, 2.45) is 5.73 Å².